The van der Waals surface area contributed by atoms with Crippen LogP contribution in [0.25, 0.3) is 10.9 Å². The van der Waals surface area contributed by atoms with Gasteiger partial charge in [-0.3, -0.25) is 9.59 Å². The molecule has 0 unspecified atom stereocenters. The van der Waals surface area contributed by atoms with Gasteiger partial charge in [0.15, 0.2) is 0 Å². The van der Waals surface area contributed by atoms with Crippen molar-refractivity contribution in [3.8, 4) is 5.75 Å². The van der Waals surface area contributed by atoms with E-state index < -0.39 is 0 Å². The van der Waals surface area contributed by atoms with Crippen molar-refractivity contribution < 1.29 is 9.53 Å². The molecule has 0 fully saturated rings. The minimum absolute atomic E-state index is 0.305. The highest BCUT2D eigenvalue weighted by Gasteiger charge is 2.08. The molecule has 5 nitrogen and oxygen atoms in total. The highest BCUT2D eigenvalue weighted by atomic mass is 16.5. The first-order chi connectivity index (χ1) is 9.63. The third-order valence-corrected chi connectivity index (χ3v) is 3.05. The van der Waals surface area contributed by atoms with Gasteiger partial charge in [0.1, 0.15) is 5.75 Å². The van der Waals surface area contributed by atoms with Crippen molar-refractivity contribution in [2.45, 2.75) is 19.8 Å². The molecule has 5 heteroatoms. The van der Waals surface area contributed by atoms with E-state index in [9.17, 15) is 9.59 Å². The Kier molecular flexibility index (Phi) is 4.53. The summed E-state index contributed by atoms with van der Waals surface area (Å²) in [7, 11) is 0. The molecule has 0 amide bonds. The third kappa shape index (κ3) is 3.05. The van der Waals surface area contributed by atoms with Gasteiger partial charge in [-0.05, 0) is 43.0 Å². The number of pyridine rings is 1. The molecule has 1 aromatic carbocycles. The number of carbonyl (C=O) groups is 1. The first kappa shape index (κ1) is 14.3. The zero-order valence-corrected chi connectivity index (χ0v) is 11.5. The van der Waals surface area contributed by atoms with E-state index in [0.717, 1.165) is 22.8 Å². The molecule has 106 valence electrons. The first-order valence-corrected chi connectivity index (χ1v) is 6.63. The van der Waals surface area contributed by atoms with Crippen LogP contribution in [0.2, 0.25) is 0 Å². The van der Waals surface area contributed by atoms with Crippen LogP contribution in [-0.4, -0.2) is 23.6 Å². The molecular formula is C15H18N2O3. The van der Waals surface area contributed by atoms with E-state index in [0.29, 0.717) is 24.4 Å². The fourth-order valence-corrected chi connectivity index (χ4v) is 2.06. The zero-order valence-electron chi connectivity index (χ0n) is 11.5. The molecule has 0 atom stereocenters. The van der Waals surface area contributed by atoms with Crippen molar-refractivity contribution in [3.63, 3.8) is 0 Å². The van der Waals surface area contributed by atoms with E-state index in [4.69, 9.17) is 10.5 Å². The van der Waals surface area contributed by atoms with Gasteiger partial charge >= 0.3 is 0 Å². The normalized spacial score (nSPS) is 10.7. The SMILES string of the molecule is CC(=O)n1c(=O)ccc2ccc(OCCCCN)cc21. The van der Waals surface area contributed by atoms with Crippen molar-refractivity contribution in [2.24, 2.45) is 5.73 Å². The fraction of sp³-hybridized carbons (Fsp3) is 0.333. The second-order valence-corrected chi connectivity index (χ2v) is 4.59. The van der Waals surface area contributed by atoms with Gasteiger partial charge in [-0.1, -0.05) is 0 Å². The second-order valence-electron chi connectivity index (χ2n) is 4.59. The van der Waals surface area contributed by atoms with Crippen molar-refractivity contribution in [1.82, 2.24) is 4.57 Å². The Hall–Kier alpha value is -2.14. The highest BCUT2D eigenvalue weighted by Crippen LogP contribution is 2.20. The van der Waals surface area contributed by atoms with Gasteiger partial charge < -0.3 is 10.5 Å². The minimum atomic E-state index is -0.328. The summed E-state index contributed by atoms with van der Waals surface area (Å²) in [5, 5.41) is 0.828. The molecule has 0 aliphatic heterocycles. The summed E-state index contributed by atoms with van der Waals surface area (Å²) in [6, 6.07) is 8.49. The molecular weight excluding hydrogens is 256 g/mol. The van der Waals surface area contributed by atoms with Gasteiger partial charge in [0.2, 0.25) is 5.91 Å². The van der Waals surface area contributed by atoms with Gasteiger partial charge in [0.05, 0.1) is 12.1 Å². The maximum absolute atomic E-state index is 11.8. The molecule has 0 saturated carbocycles. The topological polar surface area (TPSA) is 74.3 Å². The largest absolute Gasteiger partial charge is 0.494 e. The van der Waals surface area contributed by atoms with E-state index in [-0.39, 0.29) is 11.5 Å². The molecule has 0 radical (unpaired) electrons. The van der Waals surface area contributed by atoms with Gasteiger partial charge in [-0.2, -0.15) is 0 Å². The van der Waals surface area contributed by atoms with Gasteiger partial charge in [-0.15, -0.1) is 0 Å². The van der Waals surface area contributed by atoms with Crippen molar-refractivity contribution in [3.05, 3.63) is 40.7 Å². The van der Waals surface area contributed by atoms with Gasteiger partial charge in [-0.25, -0.2) is 4.57 Å². The van der Waals surface area contributed by atoms with Crippen LogP contribution in [0.3, 0.4) is 0 Å². The quantitative estimate of drug-likeness (QED) is 0.843. The van der Waals surface area contributed by atoms with E-state index in [1.54, 1.807) is 12.1 Å². The number of aromatic nitrogens is 1. The molecule has 1 heterocycles. The molecule has 2 rings (SSSR count). The molecule has 2 N–H and O–H groups in total. The summed E-state index contributed by atoms with van der Waals surface area (Å²) < 4.78 is 6.76. The van der Waals surface area contributed by atoms with E-state index >= 15 is 0 Å². The van der Waals surface area contributed by atoms with Crippen LogP contribution in [0, 0.1) is 0 Å². The second kappa shape index (κ2) is 6.34. The molecule has 0 aliphatic rings. The first-order valence-electron chi connectivity index (χ1n) is 6.63. The number of ether oxygens (including phenoxy) is 1. The molecule has 0 aliphatic carbocycles. The maximum Gasteiger partial charge on any atom is 0.257 e. The van der Waals surface area contributed by atoms with E-state index in [1.165, 1.54) is 13.0 Å². The minimum Gasteiger partial charge on any atom is -0.494 e. The van der Waals surface area contributed by atoms with Crippen LogP contribution >= 0.6 is 0 Å². The number of unbranched alkanes of at least 4 members (excludes halogenated alkanes) is 1. The van der Waals surface area contributed by atoms with Crippen LogP contribution in [0.5, 0.6) is 5.75 Å². The van der Waals surface area contributed by atoms with Gasteiger partial charge in [0.25, 0.3) is 5.56 Å². The molecule has 0 bridgehead atoms. The Labute approximate surface area is 117 Å². The highest BCUT2D eigenvalue weighted by molar-refractivity contribution is 5.90. The number of hydrogen-bond acceptors (Lipinski definition) is 4. The van der Waals surface area contributed by atoms with Crippen LogP contribution in [0.15, 0.2) is 35.1 Å². The lowest BCUT2D eigenvalue weighted by Gasteiger charge is -2.10. The standard InChI is InChI=1S/C15H18N2O3/c1-11(18)17-14-10-13(20-9-3-2-8-16)6-4-12(14)5-7-15(17)19/h4-7,10H,2-3,8-9,16H2,1H3. The Morgan fingerprint density at radius 1 is 1.25 bits per heavy atom. The van der Waals surface area contributed by atoms with Crippen LogP contribution in [-0.2, 0) is 0 Å². The summed E-state index contributed by atoms with van der Waals surface area (Å²) in [5.41, 5.74) is 5.66. The smallest absolute Gasteiger partial charge is 0.257 e. The number of carbonyl (C=O) groups excluding carboxylic acids is 1. The lowest BCUT2D eigenvalue weighted by atomic mass is 10.2. The predicted molar refractivity (Wildman–Crippen MR) is 78.3 cm³/mol. The van der Waals surface area contributed by atoms with Crippen LogP contribution in [0.4, 0.5) is 0 Å². The van der Waals surface area contributed by atoms with Gasteiger partial charge in [0, 0.05) is 19.1 Å². The summed E-state index contributed by atoms with van der Waals surface area (Å²) in [6.07, 6.45) is 1.79. The molecule has 0 saturated heterocycles. The summed E-state index contributed by atoms with van der Waals surface area (Å²) >= 11 is 0. The monoisotopic (exact) mass is 274 g/mol. The molecule has 20 heavy (non-hydrogen) atoms. The van der Waals surface area contributed by atoms with E-state index in [1.807, 2.05) is 12.1 Å². The van der Waals surface area contributed by atoms with Crippen LogP contribution < -0.4 is 16.0 Å². The molecule has 0 spiro atoms. The number of nitrogens with two attached hydrogens (primary N) is 1. The lowest BCUT2D eigenvalue weighted by molar-refractivity contribution is 0.0937. The third-order valence-electron chi connectivity index (χ3n) is 3.05. The van der Waals surface area contributed by atoms with Crippen molar-refractivity contribution in [2.75, 3.05) is 13.2 Å². The van der Waals surface area contributed by atoms with E-state index in [2.05, 4.69) is 0 Å². The maximum atomic E-state index is 11.8. The Morgan fingerprint density at radius 3 is 2.70 bits per heavy atom. The van der Waals surface area contributed by atoms with Crippen molar-refractivity contribution >= 4 is 16.8 Å². The average Bonchev–Trinajstić information content (AvgIpc) is 2.42. The summed E-state index contributed by atoms with van der Waals surface area (Å²) in [6.45, 7) is 2.58. The zero-order chi connectivity index (χ0) is 14.5. The number of hydrogen-bond donors (Lipinski definition) is 1. The Morgan fingerprint density at radius 2 is 2.00 bits per heavy atom. The average molecular weight is 274 g/mol. The molecule has 1 aromatic heterocycles. The Bertz CT molecular complexity index is 676. The Balaban J connectivity index is 2.34. The lowest BCUT2D eigenvalue weighted by Crippen LogP contribution is -2.23. The summed E-state index contributed by atoms with van der Waals surface area (Å²) in [4.78, 5) is 23.4. The number of nitrogens with zero attached hydrogens (tertiary/aromatic N) is 1. The molecule has 2 aromatic rings. The van der Waals surface area contributed by atoms with Crippen molar-refractivity contribution in [1.29, 1.82) is 0 Å². The summed E-state index contributed by atoms with van der Waals surface area (Å²) in [5.74, 6) is 0.344. The fourth-order valence-electron chi connectivity index (χ4n) is 2.06. The predicted octanol–water partition coefficient (Wildman–Crippen LogP) is 1.78. The van der Waals surface area contributed by atoms with Crippen LogP contribution in [0.1, 0.15) is 24.6 Å². The number of benzene rings is 1. The number of rotatable bonds is 5. The number of fused-ring (bicyclic) bond motifs is 1.